The van der Waals surface area contributed by atoms with Crippen LogP contribution >= 0.6 is 11.8 Å². The minimum Gasteiger partial charge on any atom is -0.506 e. The van der Waals surface area contributed by atoms with Gasteiger partial charge in [-0.2, -0.15) is 0 Å². The second kappa shape index (κ2) is 3.98. The van der Waals surface area contributed by atoms with Gasteiger partial charge < -0.3 is 9.52 Å². The lowest BCUT2D eigenvalue weighted by molar-refractivity contribution is 0.447. The normalized spacial score (nSPS) is 10.7. The van der Waals surface area contributed by atoms with Crippen molar-refractivity contribution in [1.82, 2.24) is 0 Å². The van der Waals surface area contributed by atoms with Gasteiger partial charge in [0.2, 0.25) is 0 Å². The molecule has 0 unspecified atom stereocenters. The van der Waals surface area contributed by atoms with Gasteiger partial charge in [-0.25, -0.2) is 4.79 Å². The van der Waals surface area contributed by atoms with Crippen molar-refractivity contribution in [3.63, 3.8) is 0 Å². The van der Waals surface area contributed by atoms with Crippen molar-refractivity contribution >= 4 is 22.7 Å². The fourth-order valence-electron chi connectivity index (χ4n) is 1.39. The van der Waals surface area contributed by atoms with Crippen molar-refractivity contribution in [3.05, 3.63) is 34.7 Å². The van der Waals surface area contributed by atoms with Gasteiger partial charge in [0.1, 0.15) is 16.2 Å². The van der Waals surface area contributed by atoms with E-state index >= 15 is 0 Å². The topological polar surface area (TPSA) is 50.4 Å². The lowest BCUT2D eigenvalue weighted by Crippen LogP contribution is -2.02. The first-order valence-electron chi connectivity index (χ1n) is 4.61. The van der Waals surface area contributed by atoms with Crippen LogP contribution < -0.4 is 5.63 Å². The second-order valence-corrected chi connectivity index (χ2v) is 4.27. The highest BCUT2D eigenvalue weighted by Gasteiger charge is 2.12. The van der Waals surface area contributed by atoms with Gasteiger partial charge in [-0.15, -0.1) is 11.8 Å². The first-order chi connectivity index (χ1) is 7.24. The summed E-state index contributed by atoms with van der Waals surface area (Å²) in [6.45, 7) is 1.92. The Labute approximate surface area is 90.7 Å². The first-order valence-corrected chi connectivity index (χ1v) is 5.60. The summed E-state index contributed by atoms with van der Waals surface area (Å²) in [5.74, 6) is 0.741. The predicted octanol–water partition coefficient (Wildman–Crippen LogP) is 2.61. The molecular formula is C11H10O3S. The summed E-state index contributed by atoms with van der Waals surface area (Å²) in [5.41, 5.74) is -0.0569. The van der Waals surface area contributed by atoms with Gasteiger partial charge in [0.25, 0.3) is 0 Å². The van der Waals surface area contributed by atoms with Crippen LogP contribution in [-0.4, -0.2) is 10.9 Å². The van der Waals surface area contributed by atoms with Crippen molar-refractivity contribution in [3.8, 4) is 5.75 Å². The zero-order valence-corrected chi connectivity index (χ0v) is 9.00. The highest BCUT2D eigenvalue weighted by Crippen LogP contribution is 2.31. The minimum atomic E-state index is -0.474. The monoisotopic (exact) mass is 222 g/mol. The summed E-state index contributed by atoms with van der Waals surface area (Å²) in [6.07, 6.45) is 0. The molecule has 2 rings (SSSR count). The third-order valence-corrected chi connectivity index (χ3v) is 2.97. The van der Waals surface area contributed by atoms with Gasteiger partial charge in [0, 0.05) is 0 Å². The van der Waals surface area contributed by atoms with Crippen molar-refractivity contribution in [2.75, 3.05) is 5.75 Å². The van der Waals surface area contributed by atoms with Crippen molar-refractivity contribution in [1.29, 1.82) is 0 Å². The van der Waals surface area contributed by atoms with Gasteiger partial charge in [-0.3, -0.25) is 0 Å². The second-order valence-electron chi connectivity index (χ2n) is 3.00. The third kappa shape index (κ3) is 1.72. The molecule has 1 aromatic carbocycles. The van der Waals surface area contributed by atoms with Gasteiger partial charge in [0.05, 0.1) is 5.39 Å². The molecule has 0 saturated carbocycles. The minimum absolute atomic E-state index is 0.0219. The molecule has 1 aromatic heterocycles. The lowest BCUT2D eigenvalue weighted by atomic mass is 10.2. The Balaban J connectivity index is 2.78. The molecular weight excluding hydrogens is 212 g/mol. The van der Waals surface area contributed by atoms with Crippen LogP contribution in [-0.2, 0) is 0 Å². The van der Waals surface area contributed by atoms with E-state index in [4.69, 9.17) is 4.42 Å². The molecule has 15 heavy (non-hydrogen) atoms. The summed E-state index contributed by atoms with van der Waals surface area (Å²) < 4.78 is 5.09. The number of rotatable bonds is 2. The van der Waals surface area contributed by atoms with E-state index < -0.39 is 5.63 Å². The van der Waals surface area contributed by atoms with Crippen LogP contribution in [0, 0.1) is 0 Å². The van der Waals surface area contributed by atoms with Crippen LogP contribution in [0.2, 0.25) is 0 Å². The van der Waals surface area contributed by atoms with Crippen LogP contribution in [0.5, 0.6) is 5.75 Å². The SMILES string of the molecule is CCSc1c(O)c2ccccc2oc1=O. The number of aromatic hydroxyl groups is 1. The quantitative estimate of drug-likeness (QED) is 0.626. The number of benzene rings is 1. The van der Waals surface area contributed by atoms with E-state index in [1.807, 2.05) is 6.92 Å². The highest BCUT2D eigenvalue weighted by molar-refractivity contribution is 7.99. The standard InChI is InChI=1S/C11H10O3S/c1-2-15-10-9(12)7-5-3-4-6-8(7)14-11(10)13/h3-6,12H,2H2,1H3. The van der Waals surface area contributed by atoms with E-state index in [0.29, 0.717) is 11.0 Å². The van der Waals surface area contributed by atoms with Crippen molar-refractivity contribution in [2.24, 2.45) is 0 Å². The third-order valence-electron chi connectivity index (χ3n) is 2.03. The number of hydrogen-bond donors (Lipinski definition) is 1. The molecule has 0 aliphatic rings. The van der Waals surface area contributed by atoms with Gasteiger partial charge in [-0.05, 0) is 17.9 Å². The van der Waals surface area contributed by atoms with Gasteiger partial charge in [-0.1, -0.05) is 19.1 Å². The molecule has 0 spiro atoms. The molecule has 0 aliphatic heterocycles. The Morgan fingerprint density at radius 2 is 2.13 bits per heavy atom. The predicted molar refractivity (Wildman–Crippen MR) is 60.5 cm³/mol. The molecule has 0 amide bonds. The molecule has 3 nitrogen and oxygen atoms in total. The number of para-hydroxylation sites is 1. The summed E-state index contributed by atoms with van der Waals surface area (Å²) in [4.78, 5) is 11.8. The van der Waals surface area contributed by atoms with Crippen LogP contribution in [0.4, 0.5) is 0 Å². The highest BCUT2D eigenvalue weighted by atomic mass is 32.2. The maximum Gasteiger partial charge on any atom is 0.353 e. The van der Waals surface area contributed by atoms with E-state index in [9.17, 15) is 9.90 Å². The van der Waals surface area contributed by atoms with Crippen LogP contribution in [0.25, 0.3) is 11.0 Å². The first kappa shape index (κ1) is 10.1. The smallest absolute Gasteiger partial charge is 0.353 e. The number of fused-ring (bicyclic) bond motifs is 1. The molecule has 0 fully saturated rings. The number of thioether (sulfide) groups is 1. The molecule has 0 atom stereocenters. The van der Waals surface area contributed by atoms with E-state index in [0.717, 1.165) is 5.75 Å². The Kier molecular flexibility index (Phi) is 2.68. The van der Waals surface area contributed by atoms with Crippen molar-refractivity contribution < 1.29 is 9.52 Å². The van der Waals surface area contributed by atoms with Gasteiger partial charge in [0.15, 0.2) is 0 Å². The van der Waals surface area contributed by atoms with Crippen LogP contribution in [0.3, 0.4) is 0 Å². The summed E-state index contributed by atoms with van der Waals surface area (Å²) in [6, 6.07) is 6.95. The average Bonchev–Trinajstić information content (AvgIpc) is 2.24. The fourth-order valence-corrected chi connectivity index (χ4v) is 2.08. The van der Waals surface area contributed by atoms with E-state index in [1.165, 1.54) is 11.8 Å². The Bertz CT molecular complexity index is 545. The Morgan fingerprint density at radius 1 is 1.40 bits per heavy atom. The molecule has 0 radical (unpaired) electrons. The lowest BCUT2D eigenvalue weighted by Gasteiger charge is -2.03. The molecule has 4 heteroatoms. The fraction of sp³-hybridized carbons (Fsp3) is 0.182. The van der Waals surface area contributed by atoms with Crippen molar-refractivity contribution in [2.45, 2.75) is 11.8 Å². The van der Waals surface area contributed by atoms with E-state index in [2.05, 4.69) is 0 Å². The van der Waals surface area contributed by atoms with Crippen LogP contribution in [0.1, 0.15) is 6.92 Å². The molecule has 2 aromatic rings. The average molecular weight is 222 g/mol. The van der Waals surface area contributed by atoms with Gasteiger partial charge >= 0.3 is 5.63 Å². The number of hydrogen-bond acceptors (Lipinski definition) is 4. The molecule has 0 saturated heterocycles. The maximum atomic E-state index is 11.5. The maximum absolute atomic E-state index is 11.5. The largest absolute Gasteiger partial charge is 0.506 e. The molecule has 1 heterocycles. The Hall–Kier alpha value is -1.42. The molecule has 0 aliphatic carbocycles. The van der Waals surface area contributed by atoms with E-state index in [-0.39, 0.29) is 10.6 Å². The van der Waals surface area contributed by atoms with Crippen LogP contribution in [0.15, 0.2) is 38.4 Å². The zero-order valence-electron chi connectivity index (χ0n) is 8.19. The zero-order chi connectivity index (χ0) is 10.8. The summed E-state index contributed by atoms with van der Waals surface area (Å²) >= 11 is 1.29. The molecule has 78 valence electrons. The Morgan fingerprint density at radius 3 is 2.87 bits per heavy atom. The van der Waals surface area contributed by atoms with E-state index in [1.54, 1.807) is 24.3 Å². The summed E-state index contributed by atoms with van der Waals surface area (Å²) in [5, 5.41) is 10.5. The molecule has 1 N–H and O–H groups in total. The summed E-state index contributed by atoms with van der Waals surface area (Å²) in [7, 11) is 0. The molecule has 0 bridgehead atoms.